The maximum atomic E-state index is 10.2. The topological polar surface area (TPSA) is 116 Å². The predicted molar refractivity (Wildman–Crippen MR) is 100 cm³/mol. The third kappa shape index (κ3) is 7.03. The molecule has 1 aromatic carbocycles. The molecule has 4 N–H and O–H groups in total. The van der Waals surface area contributed by atoms with Gasteiger partial charge < -0.3 is 25.4 Å². The monoisotopic (exact) mass is 377 g/mol. The van der Waals surface area contributed by atoms with Gasteiger partial charge in [0.15, 0.2) is 0 Å². The Morgan fingerprint density at radius 2 is 1.89 bits per heavy atom. The lowest BCUT2D eigenvalue weighted by molar-refractivity contribution is -0.134. The fourth-order valence-electron chi connectivity index (χ4n) is 3.36. The van der Waals surface area contributed by atoms with Crippen LogP contribution in [0.5, 0.6) is 5.75 Å². The second-order valence-corrected chi connectivity index (χ2v) is 6.69. The Bertz CT molecular complexity index is 650. The number of aliphatic hydroxyl groups excluding tert-OH is 1. The predicted octanol–water partition coefficient (Wildman–Crippen LogP) is 1.77. The minimum Gasteiger partial charge on any atom is -0.491 e. The number of piperidine rings is 1. The first kappa shape index (κ1) is 20.9. The van der Waals surface area contributed by atoms with E-state index in [1.165, 1.54) is 36.8 Å². The van der Waals surface area contributed by atoms with Crippen LogP contribution in [0.2, 0.25) is 0 Å². The third-order valence-electron chi connectivity index (χ3n) is 4.69. The van der Waals surface area contributed by atoms with Gasteiger partial charge in [0.2, 0.25) is 0 Å². The number of hydrogen-bond donors (Lipinski definition) is 4. The first-order valence-electron chi connectivity index (χ1n) is 9.26. The molecule has 1 aliphatic heterocycles. The molecule has 2 unspecified atom stereocenters. The molecule has 1 saturated heterocycles. The van der Waals surface area contributed by atoms with E-state index in [0.29, 0.717) is 18.8 Å². The summed E-state index contributed by atoms with van der Waals surface area (Å²) in [7, 11) is 0. The number of nitrogens with one attached hydrogen (secondary N) is 1. The summed E-state index contributed by atoms with van der Waals surface area (Å²) in [5.74, 6) is -1.54. The quantitative estimate of drug-likeness (QED) is 0.558. The van der Waals surface area contributed by atoms with Crippen LogP contribution in [0.4, 0.5) is 0 Å². The molecule has 1 aromatic rings. The van der Waals surface area contributed by atoms with Crippen molar-refractivity contribution in [2.75, 3.05) is 13.2 Å². The van der Waals surface area contributed by atoms with Crippen molar-refractivity contribution in [3.8, 4) is 5.75 Å². The molecule has 0 amide bonds. The summed E-state index contributed by atoms with van der Waals surface area (Å²) in [5, 5.41) is 29.2. The second kappa shape index (κ2) is 10.7. The fraction of sp³-hybridized carbons (Fsp3) is 0.500. The van der Waals surface area contributed by atoms with Crippen LogP contribution in [0.3, 0.4) is 0 Å². The van der Waals surface area contributed by atoms with E-state index in [-0.39, 0.29) is 6.04 Å². The number of aryl methyl sites for hydroxylation is 1. The molecule has 27 heavy (non-hydrogen) atoms. The van der Waals surface area contributed by atoms with Gasteiger partial charge in [-0.05, 0) is 55.8 Å². The van der Waals surface area contributed by atoms with Crippen LogP contribution in [-0.4, -0.2) is 52.6 Å². The molecular weight excluding hydrogens is 350 g/mol. The number of benzene rings is 1. The van der Waals surface area contributed by atoms with Crippen molar-refractivity contribution < 1.29 is 29.6 Å². The van der Waals surface area contributed by atoms with E-state index >= 15 is 0 Å². The van der Waals surface area contributed by atoms with E-state index in [0.717, 1.165) is 25.1 Å². The van der Waals surface area contributed by atoms with Crippen LogP contribution in [-0.2, 0) is 22.4 Å². The van der Waals surface area contributed by atoms with Gasteiger partial charge in [0.25, 0.3) is 0 Å². The van der Waals surface area contributed by atoms with Gasteiger partial charge in [0, 0.05) is 18.2 Å². The van der Waals surface area contributed by atoms with E-state index in [2.05, 4.69) is 17.4 Å². The van der Waals surface area contributed by atoms with Crippen molar-refractivity contribution in [2.45, 2.75) is 50.7 Å². The Kier molecular flexibility index (Phi) is 8.29. The maximum absolute atomic E-state index is 10.2. The molecule has 2 atom stereocenters. The van der Waals surface area contributed by atoms with Gasteiger partial charge >= 0.3 is 11.9 Å². The molecule has 148 valence electrons. The van der Waals surface area contributed by atoms with Gasteiger partial charge in [-0.2, -0.15) is 0 Å². The summed E-state index contributed by atoms with van der Waals surface area (Å²) in [6.45, 7) is 1.41. The summed E-state index contributed by atoms with van der Waals surface area (Å²) in [5.41, 5.74) is 2.77. The van der Waals surface area contributed by atoms with Gasteiger partial charge in [0.1, 0.15) is 18.5 Å². The first-order valence-corrected chi connectivity index (χ1v) is 9.26. The normalized spacial score (nSPS) is 19.7. The van der Waals surface area contributed by atoms with Crippen LogP contribution in [0.15, 0.2) is 30.4 Å². The number of rotatable bonds is 6. The molecular formula is C20H27NO6. The van der Waals surface area contributed by atoms with Gasteiger partial charge in [-0.1, -0.05) is 18.6 Å². The highest BCUT2D eigenvalue weighted by molar-refractivity contribution is 5.89. The molecule has 0 bridgehead atoms. The molecule has 0 radical (unpaired) electrons. The number of carboxylic acid groups (broad SMARTS) is 2. The minimum absolute atomic E-state index is 0.200. The smallest absolute Gasteiger partial charge is 0.328 e. The zero-order chi connectivity index (χ0) is 19.6. The number of aliphatic carboxylic acids is 2. The molecule has 0 spiro atoms. The lowest BCUT2D eigenvalue weighted by Gasteiger charge is -2.28. The van der Waals surface area contributed by atoms with Crippen LogP contribution in [0.25, 0.3) is 0 Å². The Labute approximate surface area is 158 Å². The largest absolute Gasteiger partial charge is 0.491 e. The van der Waals surface area contributed by atoms with Gasteiger partial charge in [0.05, 0.1) is 0 Å². The Morgan fingerprint density at radius 3 is 2.52 bits per heavy atom. The van der Waals surface area contributed by atoms with E-state index in [1.807, 2.05) is 6.07 Å². The third-order valence-corrected chi connectivity index (χ3v) is 4.69. The van der Waals surface area contributed by atoms with Crippen LogP contribution >= 0.6 is 0 Å². The number of carboxylic acids is 2. The number of ether oxygens (including phenoxy) is 1. The Balaban J connectivity index is 0.000000279. The highest BCUT2D eigenvalue weighted by atomic mass is 16.5. The lowest BCUT2D eigenvalue weighted by Crippen LogP contribution is -2.45. The molecule has 1 heterocycles. The van der Waals surface area contributed by atoms with Crippen molar-refractivity contribution in [3.05, 3.63) is 41.5 Å². The van der Waals surface area contributed by atoms with Crippen LogP contribution < -0.4 is 10.1 Å². The van der Waals surface area contributed by atoms with Crippen LogP contribution in [0.1, 0.15) is 36.8 Å². The number of hydrogen-bond acceptors (Lipinski definition) is 5. The molecule has 1 aliphatic carbocycles. The molecule has 0 aromatic heterocycles. The Hall–Kier alpha value is -2.38. The van der Waals surface area contributed by atoms with Crippen molar-refractivity contribution in [1.29, 1.82) is 0 Å². The van der Waals surface area contributed by atoms with Crippen LogP contribution in [0, 0.1) is 0 Å². The standard InChI is InChI=1S/C16H23NO2.C4H4O4/c18-15(14-8-1-2-10-17-14)11-19-16-9-4-6-12-5-3-7-13(12)16;5-3(6)1-2-4(7)8/h4,6,9,14-15,17-18H,1-3,5,7-8,10-11H2;1-2H,(H,5,6)(H,7,8). The molecule has 2 aliphatic rings. The minimum atomic E-state index is -1.26. The Morgan fingerprint density at radius 1 is 1.15 bits per heavy atom. The molecule has 7 heteroatoms. The first-order chi connectivity index (χ1) is 13.0. The summed E-state index contributed by atoms with van der Waals surface area (Å²) in [6, 6.07) is 6.48. The zero-order valence-corrected chi connectivity index (χ0v) is 15.3. The molecule has 7 nitrogen and oxygen atoms in total. The second-order valence-electron chi connectivity index (χ2n) is 6.69. The highest BCUT2D eigenvalue weighted by Crippen LogP contribution is 2.30. The van der Waals surface area contributed by atoms with Crippen molar-refractivity contribution in [2.24, 2.45) is 0 Å². The van der Waals surface area contributed by atoms with Gasteiger partial charge in [-0.15, -0.1) is 0 Å². The van der Waals surface area contributed by atoms with Crippen molar-refractivity contribution in [1.82, 2.24) is 5.32 Å². The SMILES string of the molecule is O=C(O)C=CC(=O)O.OC(COc1cccc2c1CCC2)C1CCCCN1. The van der Waals surface area contributed by atoms with Crippen molar-refractivity contribution in [3.63, 3.8) is 0 Å². The lowest BCUT2D eigenvalue weighted by atomic mass is 10.0. The molecule has 1 fully saturated rings. The summed E-state index contributed by atoms with van der Waals surface area (Å²) >= 11 is 0. The average Bonchev–Trinajstić information content (AvgIpc) is 3.15. The molecule has 0 saturated carbocycles. The number of fused-ring (bicyclic) bond motifs is 1. The van der Waals surface area contributed by atoms with E-state index in [4.69, 9.17) is 14.9 Å². The number of carbonyl (C=O) groups is 2. The summed E-state index contributed by atoms with van der Waals surface area (Å²) in [6.07, 6.45) is 7.69. The average molecular weight is 377 g/mol. The van der Waals surface area contributed by atoms with Crippen molar-refractivity contribution >= 4 is 11.9 Å². The fourth-order valence-corrected chi connectivity index (χ4v) is 3.36. The zero-order valence-electron chi connectivity index (χ0n) is 15.3. The number of aliphatic hydroxyl groups is 1. The summed E-state index contributed by atoms with van der Waals surface area (Å²) < 4.78 is 5.87. The van der Waals surface area contributed by atoms with E-state index in [1.54, 1.807) is 0 Å². The van der Waals surface area contributed by atoms with E-state index < -0.39 is 18.0 Å². The maximum Gasteiger partial charge on any atom is 0.328 e. The molecule has 3 rings (SSSR count). The van der Waals surface area contributed by atoms with Gasteiger partial charge in [-0.25, -0.2) is 9.59 Å². The van der Waals surface area contributed by atoms with E-state index in [9.17, 15) is 14.7 Å². The van der Waals surface area contributed by atoms with Gasteiger partial charge in [-0.3, -0.25) is 0 Å². The summed E-state index contributed by atoms with van der Waals surface area (Å²) in [4.78, 5) is 19.1. The highest BCUT2D eigenvalue weighted by Gasteiger charge is 2.22.